The average molecular weight is 373 g/mol. The van der Waals surface area contributed by atoms with Gasteiger partial charge in [-0.2, -0.15) is 0 Å². The molecular formula is C15H11N5O7. The molecule has 0 radical (unpaired) electrons. The van der Waals surface area contributed by atoms with Gasteiger partial charge in [0.2, 0.25) is 0 Å². The largest absolute Gasteiger partial charge is 0.860 e. The van der Waals surface area contributed by atoms with Gasteiger partial charge < -0.3 is 10.1 Å². The molecule has 1 aromatic carbocycles. The third kappa shape index (κ3) is 4.60. The Balaban J connectivity index is 0.000000369. The zero-order valence-corrected chi connectivity index (χ0v) is 13.4. The lowest BCUT2D eigenvalue weighted by atomic mass is 10.1. The van der Waals surface area contributed by atoms with Crippen molar-refractivity contribution in [2.45, 2.75) is 0 Å². The minimum Gasteiger partial charge on any atom is -0.860 e. The molecule has 0 aliphatic rings. The van der Waals surface area contributed by atoms with Crippen molar-refractivity contribution in [2.75, 3.05) is 0 Å². The van der Waals surface area contributed by atoms with Gasteiger partial charge in [-0.05, 0) is 11.9 Å². The zero-order chi connectivity index (χ0) is 20.0. The first kappa shape index (κ1) is 19.0. The van der Waals surface area contributed by atoms with E-state index in [-0.39, 0.29) is 0 Å². The number of H-pyrrole nitrogens is 3. The second-order valence-corrected chi connectivity index (χ2v) is 4.91. The number of hydrogen-bond donors (Lipinski definition) is 2. The molecule has 3 aromatic rings. The van der Waals surface area contributed by atoms with Gasteiger partial charge in [0.25, 0.3) is 16.9 Å². The maximum absolute atomic E-state index is 11.6. The lowest BCUT2D eigenvalue weighted by Gasteiger charge is -2.11. The van der Waals surface area contributed by atoms with Gasteiger partial charge in [0.1, 0.15) is 0 Å². The van der Waals surface area contributed by atoms with Gasteiger partial charge in [-0.25, -0.2) is 9.78 Å². The molecule has 27 heavy (non-hydrogen) atoms. The first-order valence-corrected chi connectivity index (χ1v) is 7.19. The molecule has 0 fully saturated rings. The summed E-state index contributed by atoms with van der Waals surface area (Å²) in [4.78, 5) is 48.7. The van der Waals surface area contributed by atoms with Crippen LogP contribution in [0.5, 0.6) is 5.88 Å². The van der Waals surface area contributed by atoms with Crippen molar-refractivity contribution in [3.05, 3.63) is 89.9 Å². The van der Waals surface area contributed by atoms with E-state index in [0.717, 1.165) is 12.1 Å². The highest BCUT2D eigenvalue weighted by Gasteiger charge is 2.22. The number of nitro groups is 2. The molecule has 0 aliphatic heterocycles. The van der Waals surface area contributed by atoms with E-state index >= 15 is 0 Å². The van der Waals surface area contributed by atoms with Crippen molar-refractivity contribution in [2.24, 2.45) is 0 Å². The van der Waals surface area contributed by atoms with Gasteiger partial charge in [0.15, 0.2) is 12.4 Å². The Hall–Kier alpha value is -4.35. The van der Waals surface area contributed by atoms with Gasteiger partial charge in [-0.15, -0.1) is 0 Å². The number of benzene rings is 1. The molecular weight excluding hydrogens is 362 g/mol. The fraction of sp³-hybridized carbons (Fsp3) is 0. The Labute approximate surface area is 149 Å². The molecule has 138 valence electrons. The van der Waals surface area contributed by atoms with Crippen molar-refractivity contribution >= 4 is 11.4 Å². The third-order valence-electron chi connectivity index (χ3n) is 3.17. The third-order valence-corrected chi connectivity index (χ3v) is 3.17. The fourth-order valence-electron chi connectivity index (χ4n) is 2.05. The first-order chi connectivity index (χ1) is 12.8. The van der Waals surface area contributed by atoms with Crippen LogP contribution in [0.1, 0.15) is 0 Å². The average Bonchev–Trinajstić information content (AvgIpc) is 2.62. The molecule has 3 rings (SSSR count). The predicted molar refractivity (Wildman–Crippen MR) is 88.9 cm³/mol. The standard InChI is InChI=1S/C10H6N4O7.C5H5N/c15-8-7(9(16)12-10(17)11-8)5-2-1-4(13(18)19)3-6(5)14(20)21;1-2-4-6-5-3-1/h1-3H,(H3,11,12,15,16,17);1-5H. The minimum absolute atomic E-state index is 0.423. The number of nitro benzene ring substituents is 2. The SMILES string of the molecule is O=c1[nH]c([O-])c(-c2ccc([N+](=O)[O-])cc2[N+](=O)[O-])c(=O)[nH]1.c1cc[nH+]cc1. The van der Waals surface area contributed by atoms with Crippen LogP contribution in [0.4, 0.5) is 11.4 Å². The maximum atomic E-state index is 11.6. The van der Waals surface area contributed by atoms with Gasteiger partial charge >= 0.3 is 5.69 Å². The summed E-state index contributed by atoms with van der Waals surface area (Å²) in [5.41, 5.74) is -4.64. The van der Waals surface area contributed by atoms with Crippen LogP contribution in [0, 0.1) is 20.2 Å². The molecule has 3 N–H and O–H groups in total. The summed E-state index contributed by atoms with van der Waals surface area (Å²) in [5, 5.41) is 33.2. The van der Waals surface area contributed by atoms with Crippen molar-refractivity contribution < 1.29 is 19.9 Å². The number of rotatable bonds is 3. The Morgan fingerprint density at radius 1 is 0.926 bits per heavy atom. The first-order valence-electron chi connectivity index (χ1n) is 7.19. The molecule has 2 aromatic heterocycles. The monoisotopic (exact) mass is 373 g/mol. The fourth-order valence-corrected chi connectivity index (χ4v) is 2.05. The quantitative estimate of drug-likeness (QED) is 0.481. The van der Waals surface area contributed by atoms with Gasteiger partial charge in [-0.1, -0.05) is 6.07 Å². The maximum Gasteiger partial charge on any atom is 0.325 e. The highest BCUT2D eigenvalue weighted by molar-refractivity contribution is 5.77. The molecule has 0 atom stereocenters. The highest BCUT2D eigenvalue weighted by Crippen LogP contribution is 2.33. The second-order valence-electron chi connectivity index (χ2n) is 4.91. The van der Waals surface area contributed by atoms with E-state index in [4.69, 9.17) is 0 Å². The lowest BCUT2D eigenvalue weighted by Crippen LogP contribution is -2.25. The smallest absolute Gasteiger partial charge is 0.325 e. The summed E-state index contributed by atoms with van der Waals surface area (Å²) in [6, 6.07) is 8.29. The Bertz CT molecular complexity index is 1060. The summed E-state index contributed by atoms with van der Waals surface area (Å²) in [6.07, 6.45) is 3.75. The Morgan fingerprint density at radius 3 is 2.04 bits per heavy atom. The van der Waals surface area contributed by atoms with Crippen LogP contribution in [0.25, 0.3) is 11.1 Å². The molecule has 0 unspecified atom stereocenters. The van der Waals surface area contributed by atoms with Crippen molar-refractivity contribution in [1.29, 1.82) is 0 Å². The summed E-state index contributed by atoms with van der Waals surface area (Å²) >= 11 is 0. The molecule has 12 nitrogen and oxygen atoms in total. The molecule has 12 heteroatoms. The van der Waals surface area contributed by atoms with Crippen LogP contribution in [-0.4, -0.2) is 19.8 Å². The van der Waals surface area contributed by atoms with E-state index in [1.54, 1.807) is 9.97 Å². The molecule has 0 bridgehead atoms. The second kappa shape index (κ2) is 8.15. The van der Waals surface area contributed by atoms with Crippen LogP contribution in [0.2, 0.25) is 0 Å². The van der Waals surface area contributed by atoms with E-state index in [2.05, 4.69) is 4.98 Å². The number of aromatic amines is 3. The van der Waals surface area contributed by atoms with E-state index in [1.807, 2.05) is 30.6 Å². The molecule has 2 heterocycles. The molecule has 0 aliphatic carbocycles. The van der Waals surface area contributed by atoms with Gasteiger partial charge in [0, 0.05) is 18.2 Å². The number of aromatic nitrogens is 3. The van der Waals surface area contributed by atoms with Crippen molar-refractivity contribution in [3.63, 3.8) is 0 Å². The molecule has 0 amide bonds. The molecule has 0 saturated heterocycles. The van der Waals surface area contributed by atoms with Crippen molar-refractivity contribution in [1.82, 2.24) is 9.97 Å². The molecule has 0 spiro atoms. The number of pyridine rings is 1. The van der Waals surface area contributed by atoms with Crippen LogP contribution in [-0.2, 0) is 0 Å². The zero-order valence-electron chi connectivity index (χ0n) is 13.4. The van der Waals surface area contributed by atoms with Gasteiger partial charge in [0.05, 0.1) is 27.0 Å². The Kier molecular flexibility index (Phi) is 5.73. The van der Waals surface area contributed by atoms with E-state index in [0.29, 0.717) is 6.07 Å². The number of nitrogens with one attached hydrogen (secondary N) is 3. The normalized spacial score (nSPS) is 9.78. The summed E-state index contributed by atoms with van der Waals surface area (Å²) in [7, 11) is 0. The number of nitrogens with zero attached hydrogens (tertiary/aromatic N) is 2. The van der Waals surface area contributed by atoms with Crippen LogP contribution >= 0.6 is 0 Å². The topological polar surface area (TPSA) is 189 Å². The van der Waals surface area contributed by atoms with Crippen LogP contribution in [0.3, 0.4) is 0 Å². The summed E-state index contributed by atoms with van der Waals surface area (Å²) in [5.74, 6) is -1.12. The van der Waals surface area contributed by atoms with E-state index in [1.165, 1.54) is 0 Å². The van der Waals surface area contributed by atoms with Gasteiger partial charge in [-0.3, -0.25) is 30.0 Å². The summed E-state index contributed by atoms with van der Waals surface area (Å²) < 4.78 is 0. The van der Waals surface area contributed by atoms with Crippen LogP contribution in [0.15, 0.2) is 58.4 Å². The highest BCUT2D eigenvalue weighted by atomic mass is 16.6. The summed E-state index contributed by atoms with van der Waals surface area (Å²) in [6.45, 7) is 0. The minimum atomic E-state index is -1.12. The lowest BCUT2D eigenvalue weighted by molar-refractivity contribution is -0.393. The number of non-ortho nitro benzene ring substituents is 1. The predicted octanol–water partition coefficient (Wildman–Crippen LogP) is 0.121. The van der Waals surface area contributed by atoms with E-state index in [9.17, 15) is 34.9 Å². The van der Waals surface area contributed by atoms with E-state index < -0.39 is 49.5 Å². The van der Waals surface area contributed by atoms with Crippen LogP contribution < -0.4 is 21.3 Å². The Morgan fingerprint density at radius 2 is 1.59 bits per heavy atom. The number of hydrogen-bond acceptors (Lipinski definition) is 7. The van der Waals surface area contributed by atoms with Crippen molar-refractivity contribution in [3.8, 4) is 17.0 Å². The molecule has 0 saturated carbocycles.